The lowest BCUT2D eigenvalue weighted by molar-refractivity contribution is 0.0140. The number of nitrogens with one attached hydrogen (secondary N) is 3. The summed E-state index contributed by atoms with van der Waals surface area (Å²) in [5.74, 6) is 1.01. The minimum atomic E-state index is -0.486. The van der Waals surface area contributed by atoms with Crippen molar-refractivity contribution in [1.29, 1.82) is 0 Å². The van der Waals surface area contributed by atoms with Gasteiger partial charge in [0.05, 0.1) is 18.8 Å². The summed E-state index contributed by atoms with van der Waals surface area (Å²) in [6.45, 7) is 9.45. The van der Waals surface area contributed by atoms with Crippen LogP contribution in [0.3, 0.4) is 0 Å². The van der Waals surface area contributed by atoms with Crippen LogP contribution in [0.2, 0.25) is 0 Å². The molecule has 4 aliphatic rings. The molecule has 0 radical (unpaired) electrons. The van der Waals surface area contributed by atoms with Gasteiger partial charge in [-0.2, -0.15) is 0 Å². The Labute approximate surface area is 153 Å². The summed E-state index contributed by atoms with van der Waals surface area (Å²) in [6.07, 6.45) is -0.231. The molecule has 2 amide bonds. The Balaban J connectivity index is 1.50. The largest absolute Gasteiger partial charge is 0.444 e. The number of alkyl carbamates (subject to hydrolysis) is 1. The third kappa shape index (κ3) is 3.04. The van der Waals surface area contributed by atoms with Gasteiger partial charge in [0.2, 0.25) is 0 Å². The Morgan fingerprint density at radius 2 is 2.04 bits per heavy atom. The molecule has 26 heavy (non-hydrogen) atoms. The lowest BCUT2D eigenvalue weighted by Crippen LogP contribution is -2.62. The summed E-state index contributed by atoms with van der Waals surface area (Å²) in [4.78, 5) is 28.2. The maximum Gasteiger partial charge on any atom is 0.410 e. The molecule has 0 aromatic carbocycles. The van der Waals surface area contributed by atoms with E-state index in [1.807, 2.05) is 32.6 Å². The summed E-state index contributed by atoms with van der Waals surface area (Å²) < 4.78 is 10.9. The van der Waals surface area contributed by atoms with E-state index in [1.54, 1.807) is 0 Å². The molecule has 1 aliphatic carbocycles. The van der Waals surface area contributed by atoms with E-state index in [-0.39, 0.29) is 30.4 Å². The Hall–Kier alpha value is -2.16. The molecule has 3 fully saturated rings. The van der Waals surface area contributed by atoms with Gasteiger partial charge in [0, 0.05) is 18.7 Å². The van der Waals surface area contributed by atoms with Crippen molar-refractivity contribution < 1.29 is 19.1 Å². The van der Waals surface area contributed by atoms with Gasteiger partial charge in [-0.05, 0) is 34.1 Å². The second-order valence-electron chi connectivity index (χ2n) is 8.22. The highest BCUT2D eigenvalue weighted by atomic mass is 16.6. The van der Waals surface area contributed by atoms with E-state index in [0.29, 0.717) is 13.2 Å². The average Bonchev–Trinajstić information content (AvgIpc) is 3.31. The number of carbonyl (C=O) groups is 2. The fourth-order valence-electron chi connectivity index (χ4n) is 4.00. The molecule has 4 rings (SSSR count). The zero-order chi connectivity index (χ0) is 18.6. The van der Waals surface area contributed by atoms with Crippen molar-refractivity contribution in [3.05, 3.63) is 11.4 Å². The molecule has 0 aromatic heterocycles. The monoisotopic (exact) mass is 365 g/mol. The Morgan fingerprint density at radius 1 is 1.27 bits per heavy atom. The number of ether oxygens (including phenoxy) is 2. The highest BCUT2D eigenvalue weighted by Crippen LogP contribution is 2.40. The van der Waals surface area contributed by atoms with Crippen LogP contribution in [0.1, 0.15) is 34.1 Å². The molecule has 0 bridgehead atoms. The number of carbonyl (C=O) groups excluding carboxylic acids is 2. The van der Waals surface area contributed by atoms with Gasteiger partial charge in [0.15, 0.2) is 0 Å². The normalized spacial score (nSPS) is 33.5. The van der Waals surface area contributed by atoms with Crippen molar-refractivity contribution in [2.75, 3.05) is 19.8 Å². The van der Waals surface area contributed by atoms with Crippen molar-refractivity contribution in [1.82, 2.24) is 25.8 Å². The average molecular weight is 365 g/mol. The number of rotatable bonds is 1. The van der Waals surface area contributed by atoms with E-state index in [2.05, 4.69) is 20.9 Å². The molecular weight excluding hydrogens is 338 g/mol. The minimum absolute atomic E-state index is 0.177. The van der Waals surface area contributed by atoms with Gasteiger partial charge in [-0.25, -0.2) is 9.59 Å². The fraction of sp³-hybridized carbons (Fsp3) is 0.765. The van der Waals surface area contributed by atoms with E-state index in [9.17, 15) is 9.59 Å². The van der Waals surface area contributed by atoms with Gasteiger partial charge in [0.1, 0.15) is 23.7 Å². The van der Waals surface area contributed by atoms with Gasteiger partial charge >= 0.3 is 12.2 Å². The number of piperazine rings is 1. The molecule has 9 heteroatoms. The second-order valence-corrected chi connectivity index (χ2v) is 8.22. The Bertz CT molecular complexity index is 658. The SMILES string of the molecule is CC1OC(=O)NC2NCNC(N3CCN(C(=O)OC(C)(C)C)C4CC43)=C21. The van der Waals surface area contributed by atoms with Gasteiger partial charge in [-0.15, -0.1) is 0 Å². The zero-order valence-corrected chi connectivity index (χ0v) is 15.7. The van der Waals surface area contributed by atoms with Gasteiger partial charge < -0.3 is 29.9 Å². The fourth-order valence-corrected chi connectivity index (χ4v) is 4.00. The number of hydrogen-bond donors (Lipinski definition) is 3. The first-order chi connectivity index (χ1) is 12.2. The van der Waals surface area contributed by atoms with Crippen molar-refractivity contribution in [3.8, 4) is 0 Å². The van der Waals surface area contributed by atoms with Crippen LogP contribution in [0.15, 0.2) is 11.4 Å². The summed E-state index contributed by atoms with van der Waals surface area (Å²) in [7, 11) is 0. The van der Waals surface area contributed by atoms with Crippen molar-refractivity contribution >= 4 is 12.2 Å². The first-order valence-corrected chi connectivity index (χ1v) is 9.19. The molecule has 1 saturated carbocycles. The van der Waals surface area contributed by atoms with Crippen LogP contribution in [0.5, 0.6) is 0 Å². The standard InChI is InChI=1S/C17H27N5O4/c1-9-12-13(20-15(23)25-9)18-8-19-14(12)21-5-6-22(11-7-10(11)21)16(24)26-17(2,3)4/h9-11,13,18-19H,5-8H2,1-4H3,(H,20,23). The lowest BCUT2D eigenvalue weighted by Gasteiger charge is -2.43. The van der Waals surface area contributed by atoms with Gasteiger partial charge in [0.25, 0.3) is 0 Å². The molecule has 3 heterocycles. The minimum Gasteiger partial charge on any atom is -0.444 e. The van der Waals surface area contributed by atoms with Crippen LogP contribution in [0.25, 0.3) is 0 Å². The third-order valence-electron chi connectivity index (χ3n) is 5.15. The Morgan fingerprint density at radius 3 is 2.77 bits per heavy atom. The molecule has 4 atom stereocenters. The van der Waals surface area contributed by atoms with Crippen molar-refractivity contribution in [2.45, 2.75) is 64.1 Å². The molecule has 3 aliphatic heterocycles. The van der Waals surface area contributed by atoms with Crippen LogP contribution < -0.4 is 16.0 Å². The van der Waals surface area contributed by atoms with Crippen LogP contribution in [-0.4, -0.2) is 71.7 Å². The smallest absolute Gasteiger partial charge is 0.410 e. The third-order valence-corrected chi connectivity index (χ3v) is 5.15. The van der Waals surface area contributed by atoms with E-state index in [0.717, 1.165) is 24.4 Å². The predicted molar refractivity (Wildman–Crippen MR) is 92.9 cm³/mol. The predicted octanol–water partition coefficient (Wildman–Crippen LogP) is 0.496. The first-order valence-electron chi connectivity index (χ1n) is 9.19. The summed E-state index contributed by atoms with van der Waals surface area (Å²) in [5, 5.41) is 9.46. The van der Waals surface area contributed by atoms with E-state index in [4.69, 9.17) is 9.47 Å². The number of fused-ring (bicyclic) bond motifs is 2. The first kappa shape index (κ1) is 17.3. The number of cyclic esters (lactones) is 1. The van der Waals surface area contributed by atoms with E-state index >= 15 is 0 Å². The summed E-state index contributed by atoms with van der Waals surface area (Å²) >= 11 is 0. The molecule has 9 nitrogen and oxygen atoms in total. The van der Waals surface area contributed by atoms with Crippen LogP contribution in [0, 0.1) is 0 Å². The number of amides is 2. The molecule has 3 N–H and O–H groups in total. The van der Waals surface area contributed by atoms with Crippen molar-refractivity contribution in [3.63, 3.8) is 0 Å². The molecule has 0 spiro atoms. The van der Waals surface area contributed by atoms with Crippen LogP contribution in [-0.2, 0) is 9.47 Å². The van der Waals surface area contributed by atoms with Crippen LogP contribution in [0.4, 0.5) is 9.59 Å². The lowest BCUT2D eigenvalue weighted by atomic mass is 10.0. The van der Waals surface area contributed by atoms with Crippen molar-refractivity contribution in [2.24, 2.45) is 0 Å². The summed E-state index contributed by atoms with van der Waals surface area (Å²) in [5.41, 5.74) is 0.521. The highest BCUT2D eigenvalue weighted by molar-refractivity contribution is 5.71. The molecular formula is C17H27N5O4. The maximum absolute atomic E-state index is 12.4. The topological polar surface area (TPSA) is 95.2 Å². The van der Waals surface area contributed by atoms with Gasteiger partial charge in [-0.3, -0.25) is 5.32 Å². The van der Waals surface area contributed by atoms with E-state index in [1.165, 1.54) is 0 Å². The van der Waals surface area contributed by atoms with Crippen LogP contribution >= 0.6 is 0 Å². The van der Waals surface area contributed by atoms with E-state index < -0.39 is 11.7 Å². The molecule has 4 unspecified atom stereocenters. The highest BCUT2D eigenvalue weighted by Gasteiger charge is 2.53. The Kier molecular flexibility index (Phi) is 3.94. The maximum atomic E-state index is 12.4. The van der Waals surface area contributed by atoms with Gasteiger partial charge in [-0.1, -0.05) is 0 Å². The second kappa shape index (κ2) is 5.94. The molecule has 144 valence electrons. The zero-order valence-electron chi connectivity index (χ0n) is 15.7. The molecule has 0 aromatic rings. The number of hydrogen-bond acceptors (Lipinski definition) is 7. The summed E-state index contributed by atoms with van der Waals surface area (Å²) in [6, 6.07) is 0.450. The quantitative estimate of drug-likeness (QED) is 0.623. The molecule has 2 saturated heterocycles. The number of nitrogens with zero attached hydrogens (tertiary/aromatic N) is 2.